The van der Waals surface area contributed by atoms with E-state index in [0.29, 0.717) is 19.8 Å². The maximum absolute atomic E-state index is 9.39. The number of ether oxygens (including phenoxy) is 2. The van der Waals surface area contributed by atoms with Crippen molar-refractivity contribution in [3.05, 3.63) is 30.1 Å². The number of hydrogen-bond acceptors (Lipinski definition) is 4. The Kier molecular flexibility index (Phi) is 4.90. The van der Waals surface area contributed by atoms with Crippen LogP contribution in [0.2, 0.25) is 0 Å². The summed E-state index contributed by atoms with van der Waals surface area (Å²) in [4.78, 5) is 4.36. The Morgan fingerprint density at radius 3 is 2.68 bits per heavy atom. The molecular formula is C14H20N2O3. The van der Waals surface area contributed by atoms with E-state index in [4.69, 9.17) is 9.47 Å². The van der Waals surface area contributed by atoms with Gasteiger partial charge in [-0.15, -0.1) is 0 Å². The summed E-state index contributed by atoms with van der Waals surface area (Å²) in [5, 5.41) is 10.4. The zero-order chi connectivity index (χ0) is 13.7. The summed E-state index contributed by atoms with van der Waals surface area (Å²) >= 11 is 0. The van der Waals surface area contributed by atoms with Crippen molar-refractivity contribution in [3.63, 3.8) is 0 Å². The molecule has 0 unspecified atom stereocenters. The Hall–Kier alpha value is -1.43. The Balaban J connectivity index is 2.28. The molecule has 0 aromatic carbocycles. The molecule has 19 heavy (non-hydrogen) atoms. The second-order valence-electron chi connectivity index (χ2n) is 4.18. The number of aliphatic hydroxyl groups excluding tert-OH is 1. The monoisotopic (exact) mass is 264 g/mol. The number of aliphatic hydroxyl groups is 1. The lowest BCUT2D eigenvalue weighted by atomic mass is 10.2. The molecule has 0 amide bonds. The third kappa shape index (κ3) is 3.12. The van der Waals surface area contributed by atoms with Crippen molar-refractivity contribution in [2.24, 2.45) is 0 Å². The average molecular weight is 264 g/mol. The van der Waals surface area contributed by atoms with Crippen molar-refractivity contribution in [1.29, 1.82) is 0 Å². The van der Waals surface area contributed by atoms with Gasteiger partial charge in [0.1, 0.15) is 5.65 Å². The SMILES string of the molecule is CCOC(Cn1cc(CO)c2cccnc21)OCC. The van der Waals surface area contributed by atoms with Gasteiger partial charge in [-0.3, -0.25) is 0 Å². The third-order valence-electron chi connectivity index (χ3n) is 2.94. The summed E-state index contributed by atoms with van der Waals surface area (Å²) in [5.41, 5.74) is 1.71. The van der Waals surface area contributed by atoms with Crippen molar-refractivity contribution < 1.29 is 14.6 Å². The van der Waals surface area contributed by atoms with E-state index in [1.807, 2.05) is 36.7 Å². The molecule has 1 N–H and O–H groups in total. The Morgan fingerprint density at radius 1 is 1.32 bits per heavy atom. The molecule has 0 aliphatic rings. The van der Waals surface area contributed by atoms with Gasteiger partial charge >= 0.3 is 0 Å². The van der Waals surface area contributed by atoms with E-state index in [1.54, 1.807) is 6.20 Å². The van der Waals surface area contributed by atoms with Gasteiger partial charge < -0.3 is 19.1 Å². The zero-order valence-electron chi connectivity index (χ0n) is 11.4. The van der Waals surface area contributed by atoms with Crippen molar-refractivity contribution in [1.82, 2.24) is 9.55 Å². The molecule has 0 saturated heterocycles. The van der Waals surface area contributed by atoms with Gasteiger partial charge in [-0.25, -0.2) is 4.98 Å². The molecule has 2 aromatic heterocycles. The average Bonchev–Trinajstić information content (AvgIpc) is 2.78. The molecule has 0 aliphatic carbocycles. The highest BCUT2D eigenvalue weighted by Gasteiger charge is 2.14. The summed E-state index contributed by atoms with van der Waals surface area (Å²) in [6.45, 7) is 5.65. The van der Waals surface area contributed by atoms with Crippen molar-refractivity contribution in [2.75, 3.05) is 13.2 Å². The first kappa shape index (κ1) is 14.0. The molecule has 0 aliphatic heterocycles. The predicted octanol–water partition coefficient (Wildman–Crippen LogP) is 1.93. The predicted molar refractivity (Wildman–Crippen MR) is 72.7 cm³/mol. The van der Waals surface area contributed by atoms with Crippen LogP contribution in [-0.2, 0) is 22.6 Å². The van der Waals surface area contributed by atoms with Gasteiger partial charge in [-0.05, 0) is 26.0 Å². The van der Waals surface area contributed by atoms with Gasteiger partial charge in [0.2, 0.25) is 0 Å². The first-order valence-electron chi connectivity index (χ1n) is 6.56. The second-order valence-corrected chi connectivity index (χ2v) is 4.18. The lowest BCUT2D eigenvalue weighted by Gasteiger charge is -2.17. The van der Waals surface area contributed by atoms with E-state index < -0.39 is 0 Å². The van der Waals surface area contributed by atoms with Crippen LogP contribution in [0.15, 0.2) is 24.5 Å². The van der Waals surface area contributed by atoms with Crippen molar-refractivity contribution in [3.8, 4) is 0 Å². The molecule has 5 heteroatoms. The summed E-state index contributed by atoms with van der Waals surface area (Å²) in [6.07, 6.45) is 3.36. The number of pyridine rings is 1. The fraction of sp³-hybridized carbons (Fsp3) is 0.500. The summed E-state index contributed by atoms with van der Waals surface area (Å²) in [6, 6.07) is 3.83. The molecule has 0 atom stereocenters. The van der Waals surface area contributed by atoms with E-state index in [9.17, 15) is 5.11 Å². The number of aromatic nitrogens is 2. The molecule has 2 aromatic rings. The Bertz CT molecular complexity index is 518. The minimum absolute atomic E-state index is 0.00311. The van der Waals surface area contributed by atoms with Crippen LogP contribution >= 0.6 is 0 Å². The van der Waals surface area contributed by atoms with Crippen LogP contribution in [0, 0.1) is 0 Å². The van der Waals surface area contributed by atoms with Gasteiger partial charge in [0.25, 0.3) is 0 Å². The quantitative estimate of drug-likeness (QED) is 0.776. The maximum Gasteiger partial charge on any atom is 0.175 e. The lowest BCUT2D eigenvalue weighted by Crippen LogP contribution is -2.23. The Labute approximate surface area is 112 Å². The highest BCUT2D eigenvalue weighted by Crippen LogP contribution is 2.20. The first-order chi connectivity index (χ1) is 9.30. The standard InChI is InChI=1S/C14H20N2O3/c1-3-18-13(19-4-2)9-16-8-11(10-17)12-6-5-7-15-14(12)16/h5-8,13,17H,3-4,9-10H2,1-2H3. The van der Waals surface area contributed by atoms with Gasteiger partial charge in [-0.1, -0.05) is 0 Å². The van der Waals surface area contributed by atoms with Crippen LogP contribution < -0.4 is 0 Å². The van der Waals surface area contributed by atoms with E-state index in [2.05, 4.69) is 4.98 Å². The van der Waals surface area contributed by atoms with Crippen molar-refractivity contribution in [2.45, 2.75) is 33.3 Å². The largest absolute Gasteiger partial charge is 0.392 e. The molecule has 0 spiro atoms. The summed E-state index contributed by atoms with van der Waals surface area (Å²) < 4.78 is 13.1. The van der Waals surface area contributed by atoms with Crippen LogP contribution in [0.25, 0.3) is 11.0 Å². The lowest BCUT2D eigenvalue weighted by molar-refractivity contribution is -0.143. The molecule has 0 radical (unpaired) electrons. The van der Waals surface area contributed by atoms with Gasteiger partial charge in [-0.2, -0.15) is 0 Å². The van der Waals surface area contributed by atoms with E-state index in [1.165, 1.54) is 0 Å². The Morgan fingerprint density at radius 2 is 2.05 bits per heavy atom. The van der Waals surface area contributed by atoms with E-state index >= 15 is 0 Å². The summed E-state index contributed by atoms with van der Waals surface area (Å²) in [7, 11) is 0. The smallest absolute Gasteiger partial charge is 0.175 e. The van der Waals surface area contributed by atoms with Crippen molar-refractivity contribution >= 4 is 11.0 Å². The minimum atomic E-state index is -0.292. The molecule has 0 bridgehead atoms. The zero-order valence-corrected chi connectivity index (χ0v) is 11.4. The first-order valence-corrected chi connectivity index (χ1v) is 6.56. The molecule has 0 fully saturated rings. The molecule has 2 rings (SSSR count). The fourth-order valence-electron chi connectivity index (χ4n) is 2.15. The van der Waals surface area contributed by atoms with Crippen LogP contribution in [0.4, 0.5) is 0 Å². The maximum atomic E-state index is 9.39. The van der Waals surface area contributed by atoms with E-state index in [-0.39, 0.29) is 12.9 Å². The molecule has 0 saturated carbocycles. The van der Waals surface area contributed by atoms with Crippen LogP contribution in [-0.4, -0.2) is 34.2 Å². The molecular weight excluding hydrogens is 244 g/mol. The number of hydrogen-bond donors (Lipinski definition) is 1. The minimum Gasteiger partial charge on any atom is -0.392 e. The highest BCUT2D eigenvalue weighted by molar-refractivity contribution is 5.80. The fourth-order valence-corrected chi connectivity index (χ4v) is 2.15. The topological polar surface area (TPSA) is 56.5 Å². The van der Waals surface area contributed by atoms with Crippen LogP contribution in [0.3, 0.4) is 0 Å². The number of fused-ring (bicyclic) bond motifs is 1. The van der Waals surface area contributed by atoms with Gasteiger partial charge in [0.05, 0.1) is 13.2 Å². The van der Waals surface area contributed by atoms with Gasteiger partial charge in [0, 0.05) is 36.6 Å². The van der Waals surface area contributed by atoms with Crippen LogP contribution in [0.5, 0.6) is 0 Å². The number of nitrogens with zero attached hydrogens (tertiary/aromatic N) is 2. The summed E-state index contributed by atoms with van der Waals surface area (Å²) in [5.74, 6) is 0. The molecule has 104 valence electrons. The van der Waals surface area contributed by atoms with Gasteiger partial charge in [0.15, 0.2) is 6.29 Å². The second kappa shape index (κ2) is 6.65. The third-order valence-corrected chi connectivity index (χ3v) is 2.94. The molecule has 2 heterocycles. The normalized spacial score (nSPS) is 11.6. The van der Waals surface area contributed by atoms with E-state index in [0.717, 1.165) is 16.6 Å². The highest BCUT2D eigenvalue weighted by atomic mass is 16.7. The van der Waals surface area contributed by atoms with Crippen LogP contribution in [0.1, 0.15) is 19.4 Å². The molecule has 5 nitrogen and oxygen atoms in total. The number of rotatable bonds is 7.